The van der Waals surface area contributed by atoms with Gasteiger partial charge in [0.2, 0.25) is 0 Å². The molecule has 0 saturated heterocycles. The van der Waals surface area contributed by atoms with Crippen LogP contribution in [0.1, 0.15) is 31.2 Å². The number of aryl methyl sites for hydroxylation is 1. The van der Waals surface area contributed by atoms with E-state index in [9.17, 15) is 0 Å². The summed E-state index contributed by atoms with van der Waals surface area (Å²) in [7, 11) is 1.93. The number of imidazole rings is 1. The lowest BCUT2D eigenvalue weighted by Crippen LogP contribution is -2.06. The third kappa shape index (κ3) is 2.13. The number of nitrogens with zero attached hydrogens (tertiary/aromatic N) is 4. The summed E-state index contributed by atoms with van der Waals surface area (Å²) in [5.41, 5.74) is 8.46. The van der Waals surface area contributed by atoms with E-state index >= 15 is 0 Å². The Bertz CT molecular complexity index is 542. The highest BCUT2D eigenvalue weighted by atomic mass is 15.0. The first-order chi connectivity index (χ1) is 7.99. The van der Waals surface area contributed by atoms with Crippen molar-refractivity contribution in [2.24, 2.45) is 7.05 Å². The van der Waals surface area contributed by atoms with E-state index in [0.29, 0.717) is 5.82 Å². The maximum atomic E-state index is 5.92. The fourth-order valence-electron chi connectivity index (χ4n) is 1.59. The van der Waals surface area contributed by atoms with Gasteiger partial charge in [-0.25, -0.2) is 15.0 Å². The summed E-state index contributed by atoms with van der Waals surface area (Å²) < 4.78 is 1.89. The van der Waals surface area contributed by atoms with Gasteiger partial charge in [-0.1, -0.05) is 13.8 Å². The standard InChI is InChI=1S/C12H17N5/c1-7(2)12-15-10(8(3)11(13)16-12)9-5-17(4)6-14-9/h5-7H,1-4H3,(H2,13,15,16). The van der Waals surface area contributed by atoms with Crippen molar-refractivity contribution in [2.45, 2.75) is 26.7 Å². The van der Waals surface area contributed by atoms with Crippen LogP contribution in [-0.4, -0.2) is 19.5 Å². The molecule has 2 aromatic rings. The molecule has 0 atom stereocenters. The second-order valence-electron chi connectivity index (χ2n) is 4.52. The second-order valence-corrected chi connectivity index (χ2v) is 4.52. The van der Waals surface area contributed by atoms with Gasteiger partial charge in [-0.3, -0.25) is 0 Å². The summed E-state index contributed by atoms with van der Waals surface area (Å²) in [6.45, 7) is 6.02. The lowest BCUT2D eigenvalue weighted by molar-refractivity contribution is 0.775. The first-order valence-electron chi connectivity index (χ1n) is 5.61. The lowest BCUT2D eigenvalue weighted by atomic mass is 10.1. The van der Waals surface area contributed by atoms with Crippen LogP contribution < -0.4 is 5.73 Å². The SMILES string of the molecule is Cc1c(N)nc(C(C)C)nc1-c1cn(C)cn1. The molecule has 0 fully saturated rings. The Morgan fingerprint density at radius 3 is 2.53 bits per heavy atom. The molecule has 2 N–H and O–H groups in total. The number of anilines is 1. The van der Waals surface area contributed by atoms with E-state index in [0.717, 1.165) is 22.8 Å². The molecule has 5 heteroatoms. The monoisotopic (exact) mass is 231 g/mol. The first-order valence-corrected chi connectivity index (χ1v) is 5.61. The van der Waals surface area contributed by atoms with Crippen LogP contribution in [0, 0.1) is 6.92 Å². The molecule has 0 unspecified atom stereocenters. The van der Waals surface area contributed by atoms with E-state index in [1.54, 1.807) is 6.33 Å². The van der Waals surface area contributed by atoms with Crippen molar-refractivity contribution >= 4 is 5.82 Å². The zero-order valence-corrected chi connectivity index (χ0v) is 10.6. The number of hydrogen-bond donors (Lipinski definition) is 1. The molecule has 90 valence electrons. The quantitative estimate of drug-likeness (QED) is 0.856. The molecule has 0 radical (unpaired) electrons. The smallest absolute Gasteiger partial charge is 0.134 e. The van der Waals surface area contributed by atoms with Gasteiger partial charge in [0.1, 0.15) is 17.3 Å². The minimum absolute atomic E-state index is 0.250. The molecule has 17 heavy (non-hydrogen) atoms. The molecule has 0 bridgehead atoms. The van der Waals surface area contributed by atoms with Gasteiger partial charge in [-0.15, -0.1) is 0 Å². The fourth-order valence-corrected chi connectivity index (χ4v) is 1.59. The number of rotatable bonds is 2. The highest BCUT2D eigenvalue weighted by Gasteiger charge is 2.14. The zero-order valence-electron chi connectivity index (χ0n) is 10.6. The van der Waals surface area contributed by atoms with Crippen molar-refractivity contribution in [3.8, 4) is 11.4 Å². The number of hydrogen-bond acceptors (Lipinski definition) is 4. The molecule has 0 aromatic carbocycles. The molecule has 0 spiro atoms. The summed E-state index contributed by atoms with van der Waals surface area (Å²) in [6.07, 6.45) is 3.68. The molecule has 2 heterocycles. The average Bonchev–Trinajstić information content (AvgIpc) is 2.68. The van der Waals surface area contributed by atoms with E-state index in [2.05, 4.69) is 15.0 Å². The van der Waals surface area contributed by atoms with Crippen LogP contribution in [0.2, 0.25) is 0 Å². The predicted molar refractivity (Wildman–Crippen MR) is 67.5 cm³/mol. The van der Waals surface area contributed by atoms with Crippen LogP contribution in [-0.2, 0) is 7.05 Å². The van der Waals surface area contributed by atoms with Gasteiger partial charge < -0.3 is 10.3 Å². The van der Waals surface area contributed by atoms with Crippen LogP contribution in [0.3, 0.4) is 0 Å². The Morgan fingerprint density at radius 2 is 2.00 bits per heavy atom. The van der Waals surface area contributed by atoms with E-state index in [1.165, 1.54) is 0 Å². The molecule has 2 aromatic heterocycles. The third-order valence-corrected chi connectivity index (χ3v) is 2.66. The fraction of sp³-hybridized carbons (Fsp3) is 0.417. The average molecular weight is 231 g/mol. The maximum absolute atomic E-state index is 5.92. The van der Waals surface area contributed by atoms with Gasteiger partial charge in [0.15, 0.2) is 0 Å². The van der Waals surface area contributed by atoms with E-state index in [1.807, 2.05) is 38.6 Å². The van der Waals surface area contributed by atoms with Gasteiger partial charge in [-0.05, 0) is 6.92 Å². The van der Waals surface area contributed by atoms with E-state index in [4.69, 9.17) is 5.73 Å². The molecule has 0 aliphatic heterocycles. The molecular weight excluding hydrogens is 214 g/mol. The van der Waals surface area contributed by atoms with Crippen molar-refractivity contribution in [3.05, 3.63) is 23.9 Å². The Hall–Kier alpha value is -1.91. The Balaban J connectivity index is 2.60. The first kappa shape index (κ1) is 11.6. The predicted octanol–water partition coefficient (Wildman–Crippen LogP) is 1.89. The van der Waals surface area contributed by atoms with Crippen LogP contribution in [0.4, 0.5) is 5.82 Å². The van der Waals surface area contributed by atoms with Crippen LogP contribution in [0.5, 0.6) is 0 Å². The summed E-state index contributed by atoms with van der Waals surface area (Å²) >= 11 is 0. The van der Waals surface area contributed by atoms with Gasteiger partial charge in [-0.2, -0.15) is 0 Å². The van der Waals surface area contributed by atoms with Crippen LogP contribution in [0.15, 0.2) is 12.5 Å². The van der Waals surface area contributed by atoms with Crippen molar-refractivity contribution in [1.82, 2.24) is 19.5 Å². The lowest BCUT2D eigenvalue weighted by Gasteiger charge is -2.10. The van der Waals surface area contributed by atoms with Gasteiger partial charge in [0.05, 0.1) is 12.0 Å². The normalized spacial score (nSPS) is 11.1. The minimum atomic E-state index is 0.250. The van der Waals surface area contributed by atoms with Gasteiger partial charge in [0.25, 0.3) is 0 Å². The van der Waals surface area contributed by atoms with Crippen LogP contribution in [0.25, 0.3) is 11.4 Å². The van der Waals surface area contributed by atoms with E-state index in [-0.39, 0.29) is 5.92 Å². The molecular formula is C12H17N5. The molecule has 0 aliphatic rings. The third-order valence-electron chi connectivity index (χ3n) is 2.66. The molecule has 0 amide bonds. The zero-order chi connectivity index (χ0) is 12.6. The second kappa shape index (κ2) is 4.16. The summed E-state index contributed by atoms with van der Waals surface area (Å²) in [4.78, 5) is 13.2. The molecule has 2 rings (SSSR count). The van der Waals surface area contributed by atoms with Crippen molar-refractivity contribution in [3.63, 3.8) is 0 Å². The molecule has 5 nitrogen and oxygen atoms in total. The Kier molecular flexibility index (Phi) is 2.83. The summed E-state index contributed by atoms with van der Waals surface area (Å²) in [5, 5.41) is 0. The maximum Gasteiger partial charge on any atom is 0.134 e. The van der Waals surface area contributed by atoms with Gasteiger partial charge in [0, 0.05) is 24.7 Å². The van der Waals surface area contributed by atoms with Crippen molar-refractivity contribution < 1.29 is 0 Å². The topological polar surface area (TPSA) is 69.6 Å². The van der Waals surface area contributed by atoms with Crippen molar-refractivity contribution in [1.29, 1.82) is 0 Å². The summed E-state index contributed by atoms with van der Waals surface area (Å²) in [6, 6.07) is 0. The minimum Gasteiger partial charge on any atom is -0.383 e. The molecule has 0 aliphatic carbocycles. The number of nitrogen functional groups attached to an aromatic ring is 1. The highest BCUT2D eigenvalue weighted by Crippen LogP contribution is 2.24. The van der Waals surface area contributed by atoms with Gasteiger partial charge >= 0.3 is 0 Å². The largest absolute Gasteiger partial charge is 0.383 e. The number of nitrogens with two attached hydrogens (primary N) is 1. The van der Waals surface area contributed by atoms with Crippen molar-refractivity contribution in [2.75, 3.05) is 5.73 Å². The summed E-state index contributed by atoms with van der Waals surface area (Å²) in [5.74, 6) is 1.54. The number of aromatic nitrogens is 4. The Labute approximate surface area is 101 Å². The Morgan fingerprint density at radius 1 is 1.29 bits per heavy atom. The van der Waals surface area contributed by atoms with E-state index < -0.39 is 0 Å². The van der Waals surface area contributed by atoms with Crippen LogP contribution >= 0.6 is 0 Å². The molecule has 0 saturated carbocycles. The highest BCUT2D eigenvalue weighted by molar-refractivity contribution is 5.63.